The Morgan fingerprint density at radius 2 is 0.603 bits per heavy atom. The second-order valence-corrected chi connectivity index (χ2v) is 24.6. The Morgan fingerprint density at radius 1 is 0.346 bits per heavy atom. The van der Waals surface area contributed by atoms with Crippen LogP contribution in [0.4, 0.5) is 0 Å². The highest BCUT2D eigenvalue weighted by molar-refractivity contribution is 5.76. The number of rotatable bonds is 67. The van der Waals surface area contributed by atoms with Crippen molar-refractivity contribution in [2.24, 2.45) is 0 Å². The molecule has 0 aromatic heterocycles. The number of esters is 1. The second kappa shape index (κ2) is 67.8. The lowest BCUT2D eigenvalue weighted by Gasteiger charge is -2.20. The third kappa shape index (κ3) is 63.5. The lowest BCUT2D eigenvalue weighted by Crippen LogP contribution is -2.45. The number of hydrogen-bond acceptors (Lipinski definition) is 5. The van der Waals surface area contributed by atoms with Crippen LogP contribution in [0.1, 0.15) is 399 Å². The van der Waals surface area contributed by atoms with E-state index in [-0.39, 0.29) is 18.5 Å². The van der Waals surface area contributed by atoms with E-state index in [0.29, 0.717) is 19.4 Å². The van der Waals surface area contributed by atoms with Crippen molar-refractivity contribution in [3.8, 4) is 0 Å². The van der Waals surface area contributed by atoms with E-state index in [9.17, 15) is 19.8 Å². The number of carbonyl (C=O) groups excluding carboxylic acids is 2. The number of ether oxygens (including phenoxy) is 1. The van der Waals surface area contributed by atoms with E-state index in [1.54, 1.807) is 6.08 Å². The summed E-state index contributed by atoms with van der Waals surface area (Å²) in [6.45, 7) is 4.94. The van der Waals surface area contributed by atoms with Crippen molar-refractivity contribution in [2.75, 3.05) is 13.2 Å². The van der Waals surface area contributed by atoms with Gasteiger partial charge in [0.2, 0.25) is 5.91 Å². The summed E-state index contributed by atoms with van der Waals surface area (Å²) in [5.41, 5.74) is 0. The molecule has 0 heterocycles. The van der Waals surface area contributed by atoms with E-state index in [1.807, 2.05) is 6.08 Å². The Hall–Kier alpha value is -1.66. The molecule has 0 spiro atoms. The van der Waals surface area contributed by atoms with Gasteiger partial charge in [-0.15, -0.1) is 0 Å². The van der Waals surface area contributed by atoms with Gasteiger partial charge in [-0.05, 0) is 57.8 Å². The first-order valence-electron chi connectivity index (χ1n) is 35.6. The van der Waals surface area contributed by atoms with E-state index in [2.05, 4.69) is 31.3 Å². The summed E-state index contributed by atoms with van der Waals surface area (Å²) in [6, 6.07) is -0.627. The molecule has 0 aliphatic carbocycles. The quantitative estimate of drug-likeness (QED) is 0.0320. The molecule has 0 aliphatic rings. The van der Waals surface area contributed by atoms with E-state index >= 15 is 0 Å². The van der Waals surface area contributed by atoms with Crippen molar-refractivity contribution in [1.82, 2.24) is 5.32 Å². The second-order valence-electron chi connectivity index (χ2n) is 24.6. The lowest BCUT2D eigenvalue weighted by atomic mass is 10.0. The fraction of sp³-hybridized carbons (Fsp3) is 0.917. The molecule has 3 N–H and O–H groups in total. The van der Waals surface area contributed by atoms with Crippen molar-refractivity contribution in [2.45, 2.75) is 411 Å². The number of carbonyl (C=O) groups is 2. The van der Waals surface area contributed by atoms with Gasteiger partial charge in [-0.25, -0.2) is 0 Å². The van der Waals surface area contributed by atoms with Gasteiger partial charge in [0.15, 0.2) is 0 Å². The van der Waals surface area contributed by atoms with Crippen LogP contribution in [0, 0.1) is 0 Å². The van der Waals surface area contributed by atoms with Crippen molar-refractivity contribution < 1.29 is 24.5 Å². The molecule has 2 unspecified atom stereocenters. The van der Waals surface area contributed by atoms with Crippen LogP contribution in [0.3, 0.4) is 0 Å². The predicted molar refractivity (Wildman–Crippen MR) is 343 cm³/mol. The van der Waals surface area contributed by atoms with Crippen LogP contribution in [0.15, 0.2) is 24.3 Å². The Morgan fingerprint density at radius 3 is 0.910 bits per heavy atom. The Labute approximate surface area is 488 Å². The normalized spacial score (nSPS) is 12.6. The Kier molecular flexibility index (Phi) is 66.4. The summed E-state index contributed by atoms with van der Waals surface area (Å²) < 4.78 is 5.49. The zero-order chi connectivity index (χ0) is 56.4. The maximum absolute atomic E-state index is 12.5. The van der Waals surface area contributed by atoms with Crippen LogP contribution in [-0.2, 0) is 14.3 Å². The summed E-state index contributed by atoms with van der Waals surface area (Å²) in [5, 5.41) is 23.2. The van der Waals surface area contributed by atoms with E-state index in [0.717, 1.165) is 38.5 Å². The molecule has 0 rings (SSSR count). The SMILES string of the molecule is CCCCCCCCCCCCCCCCC/C=C/C(O)C(CO)NC(=O)CCCCCCCCCCCCCCCC/C=C\CCCCCCCCCCCCCCOC(=O)CCCCCCCCCCCCCCCC. The molecule has 0 fully saturated rings. The minimum absolute atomic E-state index is 0.0197. The first-order valence-corrected chi connectivity index (χ1v) is 35.6. The van der Waals surface area contributed by atoms with Gasteiger partial charge in [-0.2, -0.15) is 0 Å². The van der Waals surface area contributed by atoms with Crippen molar-refractivity contribution >= 4 is 11.9 Å². The highest BCUT2D eigenvalue weighted by atomic mass is 16.5. The molecule has 0 saturated heterocycles. The third-order valence-corrected chi connectivity index (χ3v) is 16.7. The van der Waals surface area contributed by atoms with Crippen LogP contribution in [-0.4, -0.2) is 47.4 Å². The van der Waals surface area contributed by atoms with Gasteiger partial charge >= 0.3 is 5.97 Å². The molecule has 462 valence electrons. The third-order valence-electron chi connectivity index (χ3n) is 16.7. The fourth-order valence-corrected chi connectivity index (χ4v) is 11.3. The zero-order valence-corrected chi connectivity index (χ0v) is 52.9. The zero-order valence-electron chi connectivity index (χ0n) is 52.9. The largest absolute Gasteiger partial charge is 0.466 e. The summed E-state index contributed by atoms with van der Waals surface area (Å²) in [7, 11) is 0. The summed E-state index contributed by atoms with van der Waals surface area (Å²) in [4.78, 5) is 24.6. The molecule has 0 aromatic rings. The van der Waals surface area contributed by atoms with Crippen LogP contribution < -0.4 is 5.32 Å². The highest BCUT2D eigenvalue weighted by Crippen LogP contribution is 2.19. The van der Waals surface area contributed by atoms with Crippen LogP contribution in [0.25, 0.3) is 0 Å². The van der Waals surface area contributed by atoms with E-state index in [1.165, 1.54) is 334 Å². The Balaban J connectivity index is 3.37. The monoisotopic (exact) mass is 1100 g/mol. The molecule has 0 bridgehead atoms. The number of nitrogens with one attached hydrogen (secondary N) is 1. The molecule has 0 aliphatic heterocycles. The van der Waals surface area contributed by atoms with Crippen LogP contribution in [0.5, 0.6) is 0 Å². The van der Waals surface area contributed by atoms with Gasteiger partial charge in [0.05, 0.1) is 25.4 Å². The molecule has 1 amide bonds. The maximum atomic E-state index is 12.5. The van der Waals surface area contributed by atoms with E-state index < -0.39 is 12.1 Å². The van der Waals surface area contributed by atoms with Gasteiger partial charge in [-0.1, -0.05) is 353 Å². The topological polar surface area (TPSA) is 95.9 Å². The standard InChI is InChI=1S/C72H139NO5/c1-3-5-7-9-11-13-15-17-19-34-37-40-44-48-52-56-60-64-70(75)69(68-74)73-71(76)65-61-57-53-49-45-41-38-35-32-30-28-26-24-22-20-21-23-25-27-29-31-33-36-39-43-47-51-55-59-63-67-78-72(77)66-62-58-54-50-46-42-18-16-14-12-10-8-6-4-2/h21,23,60,64,69-70,74-75H,3-20,22,24-59,61-63,65-68H2,1-2H3,(H,73,76)/b23-21-,64-60+. The highest BCUT2D eigenvalue weighted by Gasteiger charge is 2.18. The van der Waals surface area contributed by atoms with Crippen molar-refractivity contribution in [3.05, 3.63) is 24.3 Å². The van der Waals surface area contributed by atoms with Crippen molar-refractivity contribution in [1.29, 1.82) is 0 Å². The fourth-order valence-electron chi connectivity index (χ4n) is 11.3. The van der Waals surface area contributed by atoms with Crippen molar-refractivity contribution in [3.63, 3.8) is 0 Å². The van der Waals surface area contributed by atoms with Gasteiger partial charge in [-0.3, -0.25) is 9.59 Å². The average Bonchev–Trinajstić information content (AvgIpc) is 3.44. The van der Waals surface area contributed by atoms with Gasteiger partial charge in [0.1, 0.15) is 0 Å². The number of unbranched alkanes of at least 4 members (excludes halogenated alkanes) is 54. The first kappa shape index (κ1) is 76.3. The van der Waals surface area contributed by atoms with Crippen LogP contribution in [0.2, 0.25) is 0 Å². The molecular weight excluding hydrogens is 959 g/mol. The Bertz CT molecular complexity index is 1220. The van der Waals surface area contributed by atoms with Gasteiger partial charge in [0.25, 0.3) is 0 Å². The number of allylic oxidation sites excluding steroid dienone is 3. The smallest absolute Gasteiger partial charge is 0.305 e. The minimum Gasteiger partial charge on any atom is -0.466 e. The summed E-state index contributed by atoms with van der Waals surface area (Å²) >= 11 is 0. The van der Waals surface area contributed by atoms with Gasteiger partial charge in [0, 0.05) is 12.8 Å². The number of aliphatic hydroxyl groups excluding tert-OH is 2. The molecule has 0 saturated carbocycles. The molecule has 0 aromatic carbocycles. The molecule has 0 radical (unpaired) electrons. The predicted octanol–water partition coefficient (Wildman–Crippen LogP) is 22.9. The van der Waals surface area contributed by atoms with Crippen LogP contribution >= 0.6 is 0 Å². The summed E-state index contributed by atoms with van der Waals surface area (Å²) in [5.74, 6) is -0.0435. The molecule has 78 heavy (non-hydrogen) atoms. The summed E-state index contributed by atoms with van der Waals surface area (Å²) in [6.07, 6.45) is 85.5. The average molecular weight is 1100 g/mol. The first-order chi connectivity index (χ1) is 38.5. The van der Waals surface area contributed by atoms with Gasteiger partial charge < -0.3 is 20.3 Å². The minimum atomic E-state index is -0.843. The molecular formula is C72H139NO5. The van der Waals surface area contributed by atoms with E-state index in [4.69, 9.17) is 4.74 Å². The molecule has 6 nitrogen and oxygen atoms in total. The number of aliphatic hydroxyl groups is 2. The lowest BCUT2D eigenvalue weighted by molar-refractivity contribution is -0.143. The maximum Gasteiger partial charge on any atom is 0.305 e. The molecule has 6 heteroatoms. The number of amides is 1. The molecule has 2 atom stereocenters. The number of hydrogen-bond donors (Lipinski definition) is 3.